The predicted molar refractivity (Wildman–Crippen MR) is 78.9 cm³/mol. The third-order valence-corrected chi connectivity index (χ3v) is 4.12. The largest absolute Gasteiger partial charge is 0.277 e. The molecular formula is C14H17N3O2S. The molecule has 20 heavy (non-hydrogen) atoms. The molecule has 2 aromatic rings. The van der Waals surface area contributed by atoms with Gasteiger partial charge < -0.3 is 0 Å². The molecule has 106 valence electrons. The molecule has 0 atom stereocenters. The SMILES string of the molecule is CCN(Cc1cccc(-c2ccncc2)c1)S(N)(=O)=O. The second kappa shape index (κ2) is 6.13. The summed E-state index contributed by atoms with van der Waals surface area (Å²) in [6.07, 6.45) is 3.45. The van der Waals surface area contributed by atoms with Crippen LogP contribution < -0.4 is 5.14 Å². The fraction of sp³-hybridized carbons (Fsp3) is 0.214. The van der Waals surface area contributed by atoms with E-state index in [1.54, 1.807) is 19.3 Å². The Morgan fingerprint density at radius 1 is 1.15 bits per heavy atom. The van der Waals surface area contributed by atoms with Crippen molar-refractivity contribution in [3.8, 4) is 11.1 Å². The zero-order valence-electron chi connectivity index (χ0n) is 11.2. The van der Waals surface area contributed by atoms with Crippen LogP contribution in [0.2, 0.25) is 0 Å². The molecule has 0 radical (unpaired) electrons. The van der Waals surface area contributed by atoms with Gasteiger partial charge in [-0.15, -0.1) is 0 Å². The monoisotopic (exact) mass is 291 g/mol. The first-order valence-electron chi connectivity index (χ1n) is 6.28. The van der Waals surface area contributed by atoms with Crippen molar-refractivity contribution in [1.29, 1.82) is 0 Å². The summed E-state index contributed by atoms with van der Waals surface area (Å²) in [7, 11) is -3.67. The van der Waals surface area contributed by atoms with Crippen LogP contribution in [-0.4, -0.2) is 24.3 Å². The zero-order valence-corrected chi connectivity index (χ0v) is 12.0. The van der Waals surface area contributed by atoms with Crippen molar-refractivity contribution in [3.05, 3.63) is 54.4 Å². The lowest BCUT2D eigenvalue weighted by Gasteiger charge is -2.17. The van der Waals surface area contributed by atoms with E-state index in [0.717, 1.165) is 16.7 Å². The summed E-state index contributed by atoms with van der Waals surface area (Å²) in [5.41, 5.74) is 2.96. The van der Waals surface area contributed by atoms with Crippen LogP contribution in [0.1, 0.15) is 12.5 Å². The zero-order chi connectivity index (χ0) is 14.6. The standard InChI is InChI=1S/C14H17N3O2S/c1-2-17(20(15,18)19)11-12-4-3-5-14(10-12)13-6-8-16-9-7-13/h3-10H,2,11H2,1H3,(H2,15,18,19). The molecule has 0 amide bonds. The van der Waals surface area contributed by atoms with Crippen LogP contribution in [-0.2, 0) is 16.8 Å². The van der Waals surface area contributed by atoms with E-state index in [1.807, 2.05) is 36.4 Å². The van der Waals surface area contributed by atoms with Crippen molar-refractivity contribution in [2.45, 2.75) is 13.5 Å². The maximum absolute atomic E-state index is 11.4. The van der Waals surface area contributed by atoms with Gasteiger partial charge >= 0.3 is 0 Å². The van der Waals surface area contributed by atoms with E-state index < -0.39 is 10.2 Å². The smallest absolute Gasteiger partial charge is 0.265 e. The van der Waals surface area contributed by atoms with Crippen molar-refractivity contribution in [1.82, 2.24) is 9.29 Å². The highest BCUT2D eigenvalue weighted by Gasteiger charge is 2.15. The van der Waals surface area contributed by atoms with Gasteiger partial charge in [-0.2, -0.15) is 12.7 Å². The second-order valence-corrected chi connectivity index (χ2v) is 5.95. The van der Waals surface area contributed by atoms with Crippen LogP contribution in [0, 0.1) is 0 Å². The maximum atomic E-state index is 11.4. The molecule has 0 fully saturated rings. The van der Waals surface area contributed by atoms with Crippen LogP contribution in [0.25, 0.3) is 11.1 Å². The number of pyridine rings is 1. The number of nitrogens with zero attached hydrogens (tertiary/aromatic N) is 2. The van der Waals surface area contributed by atoms with Gasteiger partial charge in [0.15, 0.2) is 0 Å². The molecule has 2 rings (SSSR count). The molecule has 5 nitrogen and oxygen atoms in total. The average Bonchev–Trinajstić information content (AvgIpc) is 2.45. The minimum Gasteiger partial charge on any atom is -0.265 e. The quantitative estimate of drug-likeness (QED) is 0.912. The van der Waals surface area contributed by atoms with Crippen molar-refractivity contribution in [3.63, 3.8) is 0 Å². The topological polar surface area (TPSA) is 76.3 Å². The summed E-state index contributed by atoms with van der Waals surface area (Å²) in [6, 6.07) is 11.6. The third kappa shape index (κ3) is 3.63. The number of hydrogen-bond acceptors (Lipinski definition) is 3. The highest BCUT2D eigenvalue weighted by Crippen LogP contribution is 2.20. The summed E-state index contributed by atoms with van der Waals surface area (Å²) < 4.78 is 24.1. The molecule has 1 aromatic carbocycles. The Bertz CT molecular complexity index is 672. The van der Waals surface area contributed by atoms with Gasteiger partial charge in [0, 0.05) is 25.5 Å². The van der Waals surface area contributed by atoms with Gasteiger partial charge in [0.2, 0.25) is 0 Å². The lowest BCUT2D eigenvalue weighted by Crippen LogP contribution is -2.35. The number of benzene rings is 1. The number of rotatable bonds is 5. The van der Waals surface area contributed by atoms with Crippen LogP contribution in [0.5, 0.6) is 0 Å². The minimum absolute atomic E-state index is 0.272. The van der Waals surface area contributed by atoms with Gasteiger partial charge in [-0.3, -0.25) is 4.98 Å². The van der Waals surface area contributed by atoms with Gasteiger partial charge in [-0.05, 0) is 34.9 Å². The van der Waals surface area contributed by atoms with E-state index in [4.69, 9.17) is 5.14 Å². The van der Waals surface area contributed by atoms with Crippen molar-refractivity contribution in [2.75, 3.05) is 6.54 Å². The number of hydrogen-bond donors (Lipinski definition) is 1. The van der Waals surface area contributed by atoms with Crippen LogP contribution in [0.15, 0.2) is 48.8 Å². The summed E-state index contributed by atoms with van der Waals surface area (Å²) in [4.78, 5) is 3.98. The predicted octanol–water partition coefficient (Wildman–Crippen LogP) is 1.77. The molecule has 1 heterocycles. The van der Waals surface area contributed by atoms with Gasteiger partial charge in [0.25, 0.3) is 10.2 Å². The Balaban J connectivity index is 2.27. The van der Waals surface area contributed by atoms with Gasteiger partial charge in [0.05, 0.1) is 0 Å². The highest BCUT2D eigenvalue weighted by atomic mass is 32.2. The average molecular weight is 291 g/mol. The third-order valence-electron chi connectivity index (χ3n) is 3.01. The van der Waals surface area contributed by atoms with Crippen LogP contribution in [0.4, 0.5) is 0 Å². The van der Waals surface area contributed by atoms with Crippen molar-refractivity contribution < 1.29 is 8.42 Å². The Morgan fingerprint density at radius 2 is 1.85 bits per heavy atom. The molecule has 0 aliphatic carbocycles. The van der Waals surface area contributed by atoms with E-state index in [9.17, 15) is 8.42 Å². The first-order valence-corrected chi connectivity index (χ1v) is 7.78. The van der Waals surface area contributed by atoms with Crippen LogP contribution >= 0.6 is 0 Å². The van der Waals surface area contributed by atoms with E-state index in [0.29, 0.717) is 6.54 Å². The molecule has 6 heteroatoms. The van der Waals surface area contributed by atoms with Gasteiger partial charge in [0.1, 0.15) is 0 Å². The lowest BCUT2D eigenvalue weighted by atomic mass is 10.0. The molecule has 0 saturated heterocycles. The molecule has 2 N–H and O–H groups in total. The second-order valence-electron chi connectivity index (χ2n) is 4.41. The molecule has 0 saturated carbocycles. The Kier molecular flexibility index (Phi) is 4.49. The highest BCUT2D eigenvalue weighted by molar-refractivity contribution is 7.86. The van der Waals surface area contributed by atoms with E-state index in [-0.39, 0.29) is 6.54 Å². The Hall–Kier alpha value is -1.76. The summed E-state index contributed by atoms with van der Waals surface area (Å²) in [6.45, 7) is 2.38. The first-order chi connectivity index (χ1) is 9.50. The first kappa shape index (κ1) is 14.6. The van der Waals surface area contributed by atoms with Crippen molar-refractivity contribution in [2.24, 2.45) is 5.14 Å². The maximum Gasteiger partial charge on any atom is 0.277 e. The van der Waals surface area contributed by atoms with Crippen molar-refractivity contribution >= 4 is 10.2 Å². The normalized spacial score (nSPS) is 11.8. The van der Waals surface area contributed by atoms with Gasteiger partial charge in [-0.25, -0.2) is 5.14 Å². The molecule has 0 spiro atoms. The lowest BCUT2D eigenvalue weighted by molar-refractivity contribution is 0.424. The summed E-state index contributed by atoms with van der Waals surface area (Å²) >= 11 is 0. The molecule has 0 aliphatic rings. The molecule has 0 bridgehead atoms. The number of aromatic nitrogens is 1. The summed E-state index contributed by atoms with van der Waals surface area (Å²) in [5.74, 6) is 0. The fourth-order valence-electron chi connectivity index (χ4n) is 1.98. The molecule has 1 aromatic heterocycles. The minimum atomic E-state index is -3.67. The summed E-state index contributed by atoms with van der Waals surface area (Å²) in [5, 5.41) is 5.18. The number of nitrogens with two attached hydrogens (primary N) is 1. The molecule has 0 aliphatic heterocycles. The fourth-order valence-corrected chi connectivity index (χ4v) is 2.67. The molecular weight excluding hydrogens is 274 g/mol. The van der Waals surface area contributed by atoms with E-state index in [1.165, 1.54) is 4.31 Å². The van der Waals surface area contributed by atoms with E-state index >= 15 is 0 Å². The van der Waals surface area contributed by atoms with E-state index in [2.05, 4.69) is 4.98 Å². The Labute approximate surface area is 119 Å². The van der Waals surface area contributed by atoms with Crippen LogP contribution in [0.3, 0.4) is 0 Å². The Morgan fingerprint density at radius 3 is 2.45 bits per heavy atom. The molecule has 0 unspecified atom stereocenters. The van der Waals surface area contributed by atoms with Gasteiger partial charge in [-0.1, -0.05) is 25.1 Å².